The lowest BCUT2D eigenvalue weighted by molar-refractivity contribution is 1.11. The molecule has 14 heavy (non-hydrogen) atoms. The van der Waals surface area contributed by atoms with Crippen molar-refractivity contribution in [1.29, 1.82) is 0 Å². The summed E-state index contributed by atoms with van der Waals surface area (Å²) < 4.78 is 0. The summed E-state index contributed by atoms with van der Waals surface area (Å²) in [7, 11) is 0.346. The van der Waals surface area contributed by atoms with Crippen molar-refractivity contribution in [3.8, 4) is 0 Å². The summed E-state index contributed by atoms with van der Waals surface area (Å²) in [4.78, 5) is 1.47. The van der Waals surface area contributed by atoms with Gasteiger partial charge in [0.15, 0.2) is 4.90 Å². The van der Waals surface area contributed by atoms with Gasteiger partial charge in [-0.25, -0.2) is 0 Å². The molecule has 0 atom stereocenters. The molecule has 0 fully saturated rings. The SMILES string of the molecule is C[S+](C)c1cccc2ccccc12.F. The highest BCUT2D eigenvalue weighted by atomic mass is 32.2. The van der Waals surface area contributed by atoms with Crippen LogP contribution in [0.25, 0.3) is 10.8 Å². The van der Waals surface area contributed by atoms with Crippen molar-refractivity contribution < 1.29 is 4.70 Å². The fourth-order valence-electron chi connectivity index (χ4n) is 1.55. The first kappa shape index (κ1) is 11.1. The first-order valence-electron chi connectivity index (χ1n) is 4.34. The Balaban J connectivity index is 0.000000980. The second-order valence-electron chi connectivity index (χ2n) is 3.29. The van der Waals surface area contributed by atoms with Crippen molar-refractivity contribution in [1.82, 2.24) is 0 Å². The van der Waals surface area contributed by atoms with Crippen LogP contribution in [0.5, 0.6) is 0 Å². The van der Waals surface area contributed by atoms with Gasteiger partial charge in [-0.2, -0.15) is 0 Å². The number of fused-ring (bicyclic) bond motifs is 1. The lowest BCUT2D eigenvalue weighted by Gasteiger charge is -2.01. The molecule has 2 rings (SSSR count). The monoisotopic (exact) mass is 209 g/mol. The highest BCUT2D eigenvalue weighted by Crippen LogP contribution is 2.22. The van der Waals surface area contributed by atoms with E-state index in [1.165, 1.54) is 15.7 Å². The van der Waals surface area contributed by atoms with E-state index in [1.807, 2.05) is 0 Å². The molecule has 0 saturated carbocycles. The van der Waals surface area contributed by atoms with E-state index in [-0.39, 0.29) is 4.70 Å². The molecule has 0 aliphatic rings. The van der Waals surface area contributed by atoms with Crippen molar-refractivity contribution in [2.24, 2.45) is 0 Å². The molecule has 0 aromatic heterocycles. The zero-order valence-corrected chi connectivity index (χ0v) is 9.17. The molecule has 2 aromatic rings. The Morgan fingerprint density at radius 2 is 1.50 bits per heavy atom. The van der Waals surface area contributed by atoms with Crippen LogP contribution in [0.4, 0.5) is 4.70 Å². The van der Waals surface area contributed by atoms with Crippen molar-refractivity contribution >= 4 is 21.7 Å². The van der Waals surface area contributed by atoms with Crippen molar-refractivity contribution in [2.75, 3.05) is 12.5 Å². The molecule has 2 aromatic carbocycles. The van der Waals surface area contributed by atoms with E-state index in [4.69, 9.17) is 0 Å². The predicted molar refractivity (Wildman–Crippen MR) is 63.9 cm³/mol. The zero-order valence-electron chi connectivity index (χ0n) is 8.36. The molecule has 0 spiro atoms. The van der Waals surface area contributed by atoms with Gasteiger partial charge in [-0.15, -0.1) is 0 Å². The van der Waals surface area contributed by atoms with Crippen LogP contribution in [0.2, 0.25) is 0 Å². The number of hydrogen-bond donors (Lipinski definition) is 0. The van der Waals surface area contributed by atoms with Gasteiger partial charge in [0, 0.05) is 16.3 Å². The van der Waals surface area contributed by atoms with E-state index >= 15 is 0 Å². The molecule has 74 valence electrons. The Hall–Kier alpha value is -1.02. The molecular weight excluding hydrogens is 195 g/mol. The molecule has 0 saturated heterocycles. The molecule has 0 amide bonds. The fourth-order valence-corrected chi connectivity index (χ4v) is 2.53. The summed E-state index contributed by atoms with van der Waals surface area (Å²) in [5.41, 5.74) is 0. The summed E-state index contributed by atoms with van der Waals surface area (Å²) in [5.74, 6) is 0. The number of halogens is 1. The highest BCUT2D eigenvalue weighted by Gasteiger charge is 2.11. The number of benzene rings is 2. The molecule has 0 aliphatic carbocycles. The van der Waals surface area contributed by atoms with Gasteiger partial charge in [-0.3, -0.25) is 4.70 Å². The van der Waals surface area contributed by atoms with E-state index in [9.17, 15) is 0 Å². The maximum absolute atomic E-state index is 2.27. The summed E-state index contributed by atoms with van der Waals surface area (Å²) in [6.07, 6.45) is 4.53. The van der Waals surface area contributed by atoms with Gasteiger partial charge in [-0.05, 0) is 17.5 Å². The first-order chi connectivity index (χ1) is 6.29. The Morgan fingerprint density at radius 3 is 2.21 bits per heavy atom. The van der Waals surface area contributed by atoms with Gasteiger partial charge >= 0.3 is 0 Å². The predicted octanol–water partition coefficient (Wildman–Crippen LogP) is 3.23. The van der Waals surface area contributed by atoms with Crippen LogP contribution in [-0.4, -0.2) is 12.5 Å². The van der Waals surface area contributed by atoms with Crippen molar-refractivity contribution in [2.45, 2.75) is 4.90 Å². The molecule has 0 bridgehead atoms. The quantitative estimate of drug-likeness (QED) is 0.633. The van der Waals surface area contributed by atoms with Crippen LogP contribution in [0.3, 0.4) is 0 Å². The Kier molecular flexibility index (Phi) is 3.53. The minimum Gasteiger partial charge on any atom is -0.269 e. The van der Waals surface area contributed by atoms with Crippen LogP contribution in [-0.2, 0) is 10.9 Å². The lowest BCUT2D eigenvalue weighted by atomic mass is 10.1. The van der Waals surface area contributed by atoms with Crippen LogP contribution >= 0.6 is 0 Å². The topological polar surface area (TPSA) is 0 Å². The summed E-state index contributed by atoms with van der Waals surface area (Å²) >= 11 is 0. The van der Waals surface area contributed by atoms with Gasteiger partial charge in [0.1, 0.15) is 12.5 Å². The van der Waals surface area contributed by atoms with Crippen LogP contribution in [0.15, 0.2) is 47.4 Å². The lowest BCUT2D eigenvalue weighted by Crippen LogP contribution is -1.95. The van der Waals surface area contributed by atoms with E-state index < -0.39 is 0 Å². The van der Waals surface area contributed by atoms with Gasteiger partial charge < -0.3 is 0 Å². The van der Waals surface area contributed by atoms with Crippen molar-refractivity contribution in [3.05, 3.63) is 42.5 Å². The van der Waals surface area contributed by atoms with Crippen LogP contribution in [0, 0.1) is 0 Å². The minimum absolute atomic E-state index is 0. The number of rotatable bonds is 1. The Bertz CT molecular complexity index is 418. The highest BCUT2D eigenvalue weighted by molar-refractivity contribution is 7.95. The third kappa shape index (κ3) is 1.90. The number of hydrogen-bond acceptors (Lipinski definition) is 0. The van der Waals surface area contributed by atoms with Gasteiger partial charge in [-0.1, -0.05) is 30.3 Å². The third-order valence-corrected chi connectivity index (χ3v) is 3.43. The maximum atomic E-state index is 2.27. The molecule has 2 heteroatoms. The van der Waals surface area contributed by atoms with E-state index in [1.54, 1.807) is 0 Å². The van der Waals surface area contributed by atoms with E-state index in [0.29, 0.717) is 10.9 Å². The second kappa shape index (κ2) is 4.47. The van der Waals surface area contributed by atoms with Crippen molar-refractivity contribution in [3.63, 3.8) is 0 Å². The smallest absolute Gasteiger partial charge is 0.162 e. The average Bonchev–Trinajstić information content (AvgIpc) is 2.17. The maximum Gasteiger partial charge on any atom is 0.162 e. The summed E-state index contributed by atoms with van der Waals surface area (Å²) in [5, 5.41) is 2.75. The largest absolute Gasteiger partial charge is 0.269 e. The van der Waals surface area contributed by atoms with E-state index in [2.05, 4.69) is 55.0 Å². The van der Waals surface area contributed by atoms with Crippen LogP contribution < -0.4 is 0 Å². The van der Waals surface area contributed by atoms with Gasteiger partial charge in [0.2, 0.25) is 0 Å². The summed E-state index contributed by atoms with van der Waals surface area (Å²) in [6, 6.07) is 15.1. The fraction of sp³-hybridized carbons (Fsp3) is 0.167. The molecule has 0 radical (unpaired) electrons. The third-order valence-electron chi connectivity index (χ3n) is 2.19. The Morgan fingerprint density at radius 1 is 0.857 bits per heavy atom. The summed E-state index contributed by atoms with van der Waals surface area (Å²) in [6.45, 7) is 0. The standard InChI is InChI=1S/C12H13S.FH/c1-13(2)12-9-5-7-10-6-3-4-8-11(10)12;/h3-9H,1-2H3;1H/q+1;. The molecule has 0 nitrogen and oxygen atoms in total. The first-order valence-corrected chi connectivity index (χ1v) is 6.38. The zero-order chi connectivity index (χ0) is 9.26. The molecule has 0 unspecified atom stereocenters. The second-order valence-corrected chi connectivity index (χ2v) is 5.37. The minimum atomic E-state index is 0. The normalized spacial score (nSPS) is 10.2. The molecule has 0 N–H and O–H groups in total. The van der Waals surface area contributed by atoms with Gasteiger partial charge in [0.05, 0.1) is 0 Å². The average molecular weight is 209 g/mol. The van der Waals surface area contributed by atoms with Crippen LogP contribution in [0.1, 0.15) is 0 Å². The van der Waals surface area contributed by atoms with Gasteiger partial charge in [0.25, 0.3) is 0 Å². The molecule has 0 aliphatic heterocycles. The molecular formula is C12H14FS+. The van der Waals surface area contributed by atoms with E-state index in [0.717, 1.165) is 0 Å². The Labute approximate surface area is 86.7 Å². The molecule has 0 heterocycles.